The topological polar surface area (TPSA) is 55.1 Å². The maximum atomic E-state index is 10.9. The molecule has 1 saturated carbocycles. The second-order valence-corrected chi connectivity index (χ2v) is 5.22. The third-order valence-electron chi connectivity index (χ3n) is 2.18. The Morgan fingerprint density at radius 3 is 2.67 bits per heavy atom. The van der Waals surface area contributed by atoms with Crippen molar-refractivity contribution in [1.82, 2.24) is 5.32 Å². The summed E-state index contributed by atoms with van der Waals surface area (Å²) in [6.07, 6.45) is 3.88. The van der Waals surface area contributed by atoms with Gasteiger partial charge in [-0.3, -0.25) is 4.21 Å². The van der Waals surface area contributed by atoms with Crippen LogP contribution in [0.3, 0.4) is 0 Å². The van der Waals surface area contributed by atoms with Crippen LogP contribution in [0.5, 0.6) is 0 Å². The lowest BCUT2D eigenvalue weighted by molar-refractivity contribution is 0.277. The highest BCUT2D eigenvalue weighted by atomic mass is 32.2. The molecule has 1 fully saturated rings. The Bertz CT molecular complexity index is 168. The van der Waals surface area contributed by atoms with Gasteiger partial charge in [0, 0.05) is 40.9 Å². The summed E-state index contributed by atoms with van der Waals surface area (Å²) >= 11 is 0. The molecular formula is C8H18N2OS. The quantitative estimate of drug-likeness (QED) is 0.647. The Hall–Kier alpha value is 0.0700. The Morgan fingerprint density at radius 2 is 2.25 bits per heavy atom. The minimum atomic E-state index is -0.692. The first-order valence-electron chi connectivity index (χ1n) is 4.39. The SMILES string of the molecule is CC(CS(C)=O)NC1CC(N)C1. The van der Waals surface area contributed by atoms with Gasteiger partial charge in [0.1, 0.15) is 0 Å². The zero-order chi connectivity index (χ0) is 9.14. The Balaban J connectivity index is 2.10. The molecular weight excluding hydrogens is 172 g/mol. The molecule has 0 saturated heterocycles. The minimum Gasteiger partial charge on any atom is -0.328 e. The average molecular weight is 190 g/mol. The lowest BCUT2D eigenvalue weighted by atomic mass is 9.87. The van der Waals surface area contributed by atoms with Gasteiger partial charge in [0.2, 0.25) is 0 Å². The van der Waals surface area contributed by atoms with Gasteiger partial charge in [-0.1, -0.05) is 0 Å². The van der Waals surface area contributed by atoms with Crippen molar-refractivity contribution in [3.8, 4) is 0 Å². The highest BCUT2D eigenvalue weighted by Crippen LogP contribution is 2.17. The Labute approximate surface area is 76.6 Å². The fraction of sp³-hybridized carbons (Fsp3) is 1.00. The number of hydrogen-bond donors (Lipinski definition) is 2. The number of nitrogens with two attached hydrogens (primary N) is 1. The van der Waals surface area contributed by atoms with E-state index in [1.54, 1.807) is 6.26 Å². The molecule has 1 aliphatic rings. The third-order valence-corrected chi connectivity index (χ3v) is 3.15. The molecule has 0 amide bonds. The Morgan fingerprint density at radius 1 is 1.67 bits per heavy atom. The van der Waals surface area contributed by atoms with Crippen LogP contribution in [0.15, 0.2) is 0 Å². The van der Waals surface area contributed by atoms with E-state index in [1.165, 1.54) is 0 Å². The van der Waals surface area contributed by atoms with Crippen LogP contribution in [0.25, 0.3) is 0 Å². The van der Waals surface area contributed by atoms with E-state index >= 15 is 0 Å². The monoisotopic (exact) mass is 190 g/mol. The lowest BCUT2D eigenvalue weighted by Crippen LogP contribution is -2.52. The molecule has 0 aromatic carbocycles. The predicted molar refractivity (Wildman–Crippen MR) is 52.5 cm³/mol. The van der Waals surface area contributed by atoms with E-state index in [-0.39, 0.29) is 0 Å². The smallest absolute Gasteiger partial charge is 0.0383 e. The molecule has 4 heteroatoms. The molecule has 0 radical (unpaired) electrons. The van der Waals surface area contributed by atoms with Crippen LogP contribution in [0, 0.1) is 0 Å². The predicted octanol–water partition coefficient (Wildman–Crippen LogP) is -0.167. The molecule has 2 atom stereocenters. The van der Waals surface area contributed by atoms with Crippen LogP contribution < -0.4 is 11.1 Å². The van der Waals surface area contributed by atoms with Crippen LogP contribution in [0.4, 0.5) is 0 Å². The maximum Gasteiger partial charge on any atom is 0.0383 e. The van der Waals surface area contributed by atoms with E-state index in [0.717, 1.165) is 18.6 Å². The molecule has 2 unspecified atom stereocenters. The summed E-state index contributed by atoms with van der Waals surface area (Å²) in [7, 11) is -0.692. The summed E-state index contributed by atoms with van der Waals surface area (Å²) in [4.78, 5) is 0. The van der Waals surface area contributed by atoms with Crippen LogP contribution >= 0.6 is 0 Å². The van der Waals surface area contributed by atoms with Crippen LogP contribution in [-0.2, 0) is 10.8 Å². The Kier molecular flexibility index (Phi) is 3.68. The van der Waals surface area contributed by atoms with E-state index < -0.39 is 10.8 Å². The van der Waals surface area contributed by atoms with Crippen molar-refractivity contribution < 1.29 is 4.21 Å². The first kappa shape index (κ1) is 10.2. The van der Waals surface area contributed by atoms with Crippen LogP contribution in [0.2, 0.25) is 0 Å². The molecule has 3 nitrogen and oxygen atoms in total. The molecule has 0 heterocycles. The zero-order valence-corrected chi connectivity index (χ0v) is 8.56. The molecule has 0 aliphatic heterocycles. The van der Waals surface area contributed by atoms with Crippen molar-refractivity contribution in [1.29, 1.82) is 0 Å². The fourth-order valence-corrected chi connectivity index (χ4v) is 2.40. The molecule has 0 aromatic rings. The van der Waals surface area contributed by atoms with Crippen molar-refractivity contribution in [3.05, 3.63) is 0 Å². The highest BCUT2D eigenvalue weighted by molar-refractivity contribution is 7.84. The molecule has 1 aliphatic carbocycles. The summed E-state index contributed by atoms with van der Waals surface area (Å²) in [6, 6.07) is 1.31. The maximum absolute atomic E-state index is 10.9. The van der Waals surface area contributed by atoms with Crippen LogP contribution in [0.1, 0.15) is 19.8 Å². The molecule has 3 N–H and O–H groups in total. The molecule has 0 bridgehead atoms. The van der Waals surface area contributed by atoms with E-state index in [1.807, 2.05) is 0 Å². The summed E-state index contributed by atoms with van der Waals surface area (Å²) in [6.45, 7) is 2.07. The van der Waals surface area contributed by atoms with Gasteiger partial charge in [-0.2, -0.15) is 0 Å². The van der Waals surface area contributed by atoms with Crippen molar-refractivity contribution in [2.24, 2.45) is 5.73 Å². The second kappa shape index (κ2) is 4.35. The number of rotatable bonds is 4. The van der Waals surface area contributed by atoms with Gasteiger partial charge < -0.3 is 11.1 Å². The van der Waals surface area contributed by atoms with Gasteiger partial charge in [0.05, 0.1) is 0 Å². The number of nitrogens with one attached hydrogen (secondary N) is 1. The molecule has 0 spiro atoms. The minimum absolute atomic E-state index is 0.355. The van der Waals surface area contributed by atoms with E-state index in [4.69, 9.17) is 5.73 Å². The zero-order valence-electron chi connectivity index (χ0n) is 7.75. The van der Waals surface area contributed by atoms with Crippen molar-refractivity contribution in [2.45, 2.75) is 37.9 Å². The summed E-state index contributed by atoms with van der Waals surface area (Å²) < 4.78 is 10.9. The normalized spacial score (nSPS) is 33.9. The average Bonchev–Trinajstić information content (AvgIpc) is 1.82. The van der Waals surface area contributed by atoms with E-state index in [2.05, 4.69) is 12.2 Å². The lowest BCUT2D eigenvalue weighted by Gasteiger charge is -2.35. The molecule has 0 aromatic heterocycles. The van der Waals surface area contributed by atoms with Gasteiger partial charge in [0.25, 0.3) is 0 Å². The fourth-order valence-electron chi connectivity index (χ4n) is 1.60. The summed E-state index contributed by atoms with van der Waals surface area (Å²) in [5, 5.41) is 3.40. The largest absolute Gasteiger partial charge is 0.328 e. The third kappa shape index (κ3) is 3.21. The standard InChI is InChI=1S/C8H18N2OS/c1-6(5-12(2)11)10-8-3-7(9)4-8/h6-8,10H,3-5,9H2,1-2H3. The van der Waals surface area contributed by atoms with Gasteiger partial charge in [-0.25, -0.2) is 0 Å². The van der Waals surface area contributed by atoms with E-state index in [9.17, 15) is 4.21 Å². The molecule has 12 heavy (non-hydrogen) atoms. The van der Waals surface area contributed by atoms with Gasteiger partial charge in [-0.05, 0) is 19.8 Å². The highest BCUT2D eigenvalue weighted by Gasteiger charge is 2.26. The molecule has 1 rings (SSSR count). The van der Waals surface area contributed by atoms with Crippen molar-refractivity contribution >= 4 is 10.8 Å². The van der Waals surface area contributed by atoms with Crippen molar-refractivity contribution in [3.63, 3.8) is 0 Å². The second-order valence-electron chi connectivity index (χ2n) is 3.74. The van der Waals surface area contributed by atoms with Crippen LogP contribution in [-0.4, -0.2) is 34.3 Å². The first-order chi connectivity index (χ1) is 5.58. The van der Waals surface area contributed by atoms with E-state index in [0.29, 0.717) is 18.1 Å². The first-order valence-corrected chi connectivity index (χ1v) is 6.12. The number of hydrogen-bond acceptors (Lipinski definition) is 3. The van der Waals surface area contributed by atoms with Gasteiger partial charge in [0.15, 0.2) is 0 Å². The van der Waals surface area contributed by atoms with Gasteiger partial charge in [-0.15, -0.1) is 0 Å². The summed E-state index contributed by atoms with van der Waals surface area (Å²) in [5.74, 6) is 0.742. The summed E-state index contributed by atoms with van der Waals surface area (Å²) in [5.41, 5.74) is 5.65. The van der Waals surface area contributed by atoms with Crippen molar-refractivity contribution in [2.75, 3.05) is 12.0 Å². The van der Waals surface area contributed by atoms with Gasteiger partial charge >= 0.3 is 0 Å². The molecule has 72 valence electrons.